The van der Waals surface area contributed by atoms with Gasteiger partial charge in [-0.25, -0.2) is 0 Å². The van der Waals surface area contributed by atoms with Gasteiger partial charge in [-0.2, -0.15) is 0 Å². The van der Waals surface area contributed by atoms with E-state index in [1.165, 1.54) is 0 Å². The first-order chi connectivity index (χ1) is 16.2. The predicted molar refractivity (Wildman–Crippen MR) is 133 cm³/mol. The lowest BCUT2D eigenvalue weighted by molar-refractivity contribution is -0.143. The van der Waals surface area contributed by atoms with Gasteiger partial charge in [0.15, 0.2) is 0 Å². The van der Waals surface area contributed by atoms with E-state index in [4.69, 9.17) is 0 Å². The molecule has 1 aromatic rings. The molecule has 3 fully saturated rings. The number of carbonyl (C=O) groups excluding carboxylic acids is 3. The topological polar surface area (TPSA) is 98.7 Å². The summed E-state index contributed by atoms with van der Waals surface area (Å²) in [5.41, 5.74) is 1.00. The predicted octanol–water partition coefficient (Wildman–Crippen LogP) is 2.47. The molecule has 34 heavy (non-hydrogen) atoms. The fourth-order valence-corrected chi connectivity index (χ4v) is 8.69. The number of carbonyl (C=O) groups is 3. The van der Waals surface area contributed by atoms with Gasteiger partial charge < -0.3 is 20.6 Å². The maximum absolute atomic E-state index is 13.9. The van der Waals surface area contributed by atoms with Gasteiger partial charge in [0, 0.05) is 17.3 Å². The van der Waals surface area contributed by atoms with Crippen LogP contribution in [-0.2, 0) is 20.9 Å². The molecule has 0 aliphatic carbocycles. The van der Waals surface area contributed by atoms with Crippen molar-refractivity contribution < 1.29 is 19.5 Å². The van der Waals surface area contributed by atoms with Crippen molar-refractivity contribution in [3.8, 4) is 0 Å². The van der Waals surface area contributed by atoms with Gasteiger partial charge in [-0.15, -0.1) is 11.8 Å². The van der Waals surface area contributed by atoms with E-state index in [1.807, 2.05) is 37.3 Å². The highest BCUT2D eigenvalue weighted by atomic mass is 32.2. The molecule has 3 amide bonds. The van der Waals surface area contributed by atoms with Crippen LogP contribution in [0.5, 0.6) is 0 Å². The normalized spacial score (nSPS) is 33.5. The Hall–Kier alpha value is -2.06. The van der Waals surface area contributed by atoms with E-state index in [1.54, 1.807) is 23.6 Å². The molecule has 186 valence electrons. The molecule has 7 nitrogen and oxygen atoms in total. The lowest BCUT2D eigenvalue weighted by Crippen LogP contribution is -2.57. The van der Waals surface area contributed by atoms with E-state index in [0.29, 0.717) is 13.0 Å². The Morgan fingerprint density at radius 2 is 1.91 bits per heavy atom. The molecule has 3 N–H and O–H groups in total. The van der Waals surface area contributed by atoms with Gasteiger partial charge in [-0.3, -0.25) is 14.4 Å². The Bertz CT molecular complexity index is 943. The van der Waals surface area contributed by atoms with Crippen molar-refractivity contribution >= 4 is 29.5 Å². The summed E-state index contributed by atoms with van der Waals surface area (Å²) in [6.07, 6.45) is 3.29. The minimum Gasteiger partial charge on any atom is -0.394 e. The largest absolute Gasteiger partial charge is 0.394 e. The quantitative estimate of drug-likeness (QED) is 0.497. The summed E-state index contributed by atoms with van der Waals surface area (Å²) in [6.45, 7) is 8.07. The number of rotatable bonds is 9. The van der Waals surface area contributed by atoms with Crippen LogP contribution in [-0.4, -0.2) is 62.0 Å². The molecule has 4 rings (SSSR count). The monoisotopic (exact) mass is 487 g/mol. The van der Waals surface area contributed by atoms with Crippen molar-refractivity contribution in [3.05, 3.63) is 35.9 Å². The minimum atomic E-state index is -0.690. The first kappa shape index (κ1) is 25.0. The number of nitrogens with zero attached hydrogens (tertiary/aromatic N) is 1. The Morgan fingerprint density at radius 1 is 1.21 bits per heavy atom. The lowest BCUT2D eigenvalue weighted by Gasteiger charge is -2.36. The van der Waals surface area contributed by atoms with Crippen molar-refractivity contribution in [3.63, 3.8) is 0 Å². The number of benzene rings is 1. The highest BCUT2D eigenvalue weighted by molar-refractivity contribution is 8.02. The summed E-state index contributed by atoms with van der Waals surface area (Å²) in [6, 6.07) is 8.54. The second kappa shape index (κ2) is 9.53. The number of aliphatic hydroxyl groups excluding tert-OH is 1. The van der Waals surface area contributed by atoms with Crippen molar-refractivity contribution in [2.24, 2.45) is 11.8 Å². The summed E-state index contributed by atoms with van der Waals surface area (Å²) < 4.78 is -1.05. The number of nitrogens with one attached hydrogen (secondary N) is 2. The van der Waals surface area contributed by atoms with Crippen molar-refractivity contribution in [1.82, 2.24) is 15.5 Å². The number of amides is 3. The molecule has 8 heteroatoms. The number of hydrogen-bond acceptors (Lipinski definition) is 5. The molecule has 1 aromatic carbocycles. The third kappa shape index (κ3) is 4.02. The number of thioether (sulfide) groups is 1. The summed E-state index contributed by atoms with van der Waals surface area (Å²) in [5.74, 6) is -1.56. The zero-order chi connectivity index (χ0) is 24.7. The van der Waals surface area contributed by atoms with Gasteiger partial charge in [-0.05, 0) is 45.6 Å². The maximum Gasteiger partial charge on any atom is 0.244 e. The van der Waals surface area contributed by atoms with Gasteiger partial charge in [-0.1, -0.05) is 43.7 Å². The van der Waals surface area contributed by atoms with Crippen molar-refractivity contribution in [2.45, 2.75) is 87.5 Å². The molecule has 0 aromatic heterocycles. The second-order valence-corrected chi connectivity index (χ2v) is 12.3. The third-order valence-electron chi connectivity index (χ3n) is 7.90. The van der Waals surface area contributed by atoms with Crippen LogP contribution < -0.4 is 10.6 Å². The van der Waals surface area contributed by atoms with E-state index < -0.39 is 33.4 Å². The van der Waals surface area contributed by atoms with Crippen LogP contribution in [0.15, 0.2) is 30.3 Å². The highest BCUT2D eigenvalue weighted by Gasteiger charge is 2.77. The molecule has 7 atom stereocenters. The highest BCUT2D eigenvalue weighted by Crippen LogP contribution is 2.71. The van der Waals surface area contributed by atoms with Gasteiger partial charge in [0.25, 0.3) is 0 Å². The Morgan fingerprint density at radius 3 is 2.56 bits per heavy atom. The molecule has 3 saturated heterocycles. The number of aliphatic hydroxyl groups is 1. The SMILES string of the molecule is CCCC(C)NC(=O)C1N([C@H](C)CO)C(=O)[C@@H]2[C@@H](C(=O)NCc3ccccc3)[C@@]3(C)CCC12S3. The van der Waals surface area contributed by atoms with Gasteiger partial charge in [0.2, 0.25) is 17.7 Å². The van der Waals surface area contributed by atoms with E-state index >= 15 is 0 Å². The molecule has 1 spiro atoms. The van der Waals surface area contributed by atoms with E-state index in [2.05, 4.69) is 24.5 Å². The Kier molecular flexibility index (Phi) is 7.02. The molecule has 0 radical (unpaired) electrons. The number of hydrogen-bond donors (Lipinski definition) is 3. The van der Waals surface area contributed by atoms with Crippen molar-refractivity contribution in [2.75, 3.05) is 6.61 Å². The minimum absolute atomic E-state index is 0.00140. The average molecular weight is 488 g/mol. The molecule has 3 aliphatic rings. The lowest BCUT2D eigenvalue weighted by atomic mass is 9.66. The molecule has 3 unspecified atom stereocenters. The van der Waals surface area contributed by atoms with Gasteiger partial charge >= 0.3 is 0 Å². The number of likely N-dealkylation sites (tertiary alicyclic amines) is 1. The maximum atomic E-state index is 13.9. The van der Waals surface area contributed by atoms with Gasteiger partial charge in [0.05, 0.1) is 29.2 Å². The Labute approximate surface area is 206 Å². The van der Waals surface area contributed by atoms with Crippen LogP contribution in [0.1, 0.15) is 58.9 Å². The van der Waals surface area contributed by atoms with Crippen LogP contribution in [0.2, 0.25) is 0 Å². The molecule has 0 saturated carbocycles. The van der Waals surface area contributed by atoms with Crippen molar-refractivity contribution in [1.29, 1.82) is 0 Å². The number of fused-ring (bicyclic) bond motifs is 1. The summed E-state index contributed by atoms with van der Waals surface area (Å²) in [4.78, 5) is 42.6. The van der Waals surface area contributed by atoms with Crippen LogP contribution in [0.25, 0.3) is 0 Å². The molecule has 3 heterocycles. The second-order valence-electron chi connectivity index (χ2n) is 10.4. The summed E-state index contributed by atoms with van der Waals surface area (Å²) in [5, 5.41) is 16.1. The summed E-state index contributed by atoms with van der Waals surface area (Å²) >= 11 is 1.66. The average Bonchev–Trinajstić information content (AvgIpc) is 3.38. The van der Waals surface area contributed by atoms with Crippen LogP contribution >= 0.6 is 11.8 Å². The van der Waals surface area contributed by atoms with E-state index in [-0.39, 0.29) is 30.4 Å². The van der Waals surface area contributed by atoms with Gasteiger partial charge in [0.1, 0.15) is 6.04 Å². The van der Waals surface area contributed by atoms with E-state index in [9.17, 15) is 19.5 Å². The third-order valence-corrected chi connectivity index (χ3v) is 9.89. The molecule has 3 aliphatic heterocycles. The first-order valence-electron chi connectivity index (χ1n) is 12.4. The summed E-state index contributed by atoms with van der Waals surface area (Å²) in [7, 11) is 0. The molecular formula is C26H37N3O4S. The fourth-order valence-electron chi connectivity index (χ4n) is 6.35. The van der Waals surface area contributed by atoms with Crippen LogP contribution in [0.3, 0.4) is 0 Å². The first-order valence-corrected chi connectivity index (χ1v) is 13.3. The standard InChI is InChI=1S/C26H37N3O4S/c1-5-9-16(2)28-23(32)21-26-13-12-25(4,34-26)19(20(26)24(33)29(21)17(3)15-30)22(31)27-14-18-10-7-6-8-11-18/h6-8,10-11,16-17,19-21,30H,5,9,12-15H2,1-4H3,(H,27,31)(H,28,32)/t16?,17-,19+,20+,21?,25-,26?/m1/s1. The fraction of sp³-hybridized carbons (Fsp3) is 0.654. The molecular weight excluding hydrogens is 450 g/mol. The molecule has 2 bridgehead atoms. The zero-order valence-corrected chi connectivity index (χ0v) is 21.4. The smallest absolute Gasteiger partial charge is 0.244 e. The van der Waals surface area contributed by atoms with E-state index in [0.717, 1.165) is 24.8 Å². The van der Waals surface area contributed by atoms with Crippen LogP contribution in [0.4, 0.5) is 0 Å². The Balaban J connectivity index is 1.64. The zero-order valence-electron chi connectivity index (χ0n) is 20.5. The van der Waals surface area contributed by atoms with Crippen LogP contribution in [0, 0.1) is 11.8 Å².